The summed E-state index contributed by atoms with van der Waals surface area (Å²) in [4.78, 5) is 34.3. The normalized spacial score (nSPS) is 14.0. The number of carbonyl (C=O) groups excluding carboxylic acids is 2. The number of sulfone groups is 1. The first kappa shape index (κ1) is 17.9. The fourth-order valence-electron chi connectivity index (χ4n) is 3.11. The van der Waals surface area contributed by atoms with Crippen LogP contribution in [0.3, 0.4) is 0 Å². The molecular formula is C18H13N3O6S. The number of benzene rings is 2. The van der Waals surface area contributed by atoms with E-state index < -0.39 is 33.2 Å². The van der Waals surface area contributed by atoms with Crippen LogP contribution in [-0.4, -0.2) is 51.6 Å². The number of imide groups is 1. The first-order valence-corrected chi connectivity index (χ1v) is 9.93. The lowest BCUT2D eigenvalue weighted by molar-refractivity contribution is 0.0641. The van der Waals surface area contributed by atoms with Gasteiger partial charge in [0.1, 0.15) is 22.2 Å². The van der Waals surface area contributed by atoms with Crippen LogP contribution in [0.25, 0.3) is 11.0 Å². The van der Waals surface area contributed by atoms with Gasteiger partial charge >= 0.3 is 0 Å². The van der Waals surface area contributed by atoms with Gasteiger partial charge in [0.2, 0.25) is 0 Å². The van der Waals surface area contributed by atoms with Gasteiger partial charge in [-0.15, -0.1) is 0 Å². The molecule has 0 bridgehead atoms. The molecule has 1 aliphatic heterocycles. The molecule has 0 unspecified atom stereocenters. The van der Waals surface area contributed by atoms with Crippen molar-refractivity contribution < 1.29 is 28.2 Å². The van der Waals surface area contributed by atoms with E-state index in [1.165, 1.54) is 36.7 Å². The van der Waals surface area contributed by atoms with Gasteiger partial charge in [-0.2, -0.15) is 0 Å². The zero-order valence-corrected chi connectivity index (χ0v) is 15.3. The fourth-order valence-corrected chi connectivity index (χ4v) is 3.74. The second kappa shape index (κ2) is 5.99. The summed E-state index contributed by atoms with van der Waals surface area (Å²) in [6.07, 6.45) is 3.65. The smallest absolute Gasteiger partial charge is 0.265 e. The number of rotatable bonds is 3. The highest BCUT2D eigenvalue weighted by Crippen LogP contribution is 2.42. The monoisotopic (exact) mass is 399 g/mol. The van der Waals surface area contributed by atoms with Crippen molar-refractivity contribution in [2.24, 2.45) is 0 Å². The lowest BCUT2D eigenvalue weighted by Gasteiger charge is -2.14. The Hall–Kier alpha value is -3.53. The summed E-state index contributed by atoms with van der Waals surface area (Å²) in [6, 6.07) is 5.72. The van der Waals surface area contributed by atoms with Crippen molar-refractivity contribution in [3.05, 3.63) is 53.3 Å². The number of amides is 2. The number of aromatic hydroxyl groups is 2. The number of fused-ring (bicyclic) bond motifs is 2. The third-order valence-electron chi connectivity index (χ3n) is 4.48. The molecule has 9 nitrogen and oxygen atoms in total. The van der Waals surface area contributed by atoms with E-state index in [9.17, 15) is 28.2 Å². The zero-order valence-electron chi connectivity index (χ0n) is 14.4. The maximum Gasteiger partial charge on any atom is 0.265 e. The quantitative estimate of drug-likeness (QED) is 0.496. The number of phenolic OH excluding ortho intramolecular Hbond substituents is 2. The molecular weight excluding hydrogens is 386 g/mol. The number of aromatic nitrogens is 2. The van der Waals surface area contributed by atoms with E-state index in [1.54, 1.807) is 0 Å². The molecule has 4 rings (SSSR count). The number of nitrogens with zero attached hydrogens (tertiary/aromatic N) is 3. The van der Waals surface area contributed by atoms with Crippen molar-refractivity contribution in [3.63, 3.8) is 0 Å². The molecule has 3 aromatic rings. The third kappa shape index (κ3) is 2.57. The topological polar surface area (TPSA) is 138 Å². The van der Waals surface area contributed by atoms with Crippen LogP contribution in [-0.2, 0) is 16.4 Å². The van der Waals surface area contributed by atoms with E-state index >= 15 is 0 Å². The van der Waals surface area contributed by atoms with Crippen LogP contribution >= 0.6 is 0 Å². The van der Waals surface area contributed by atoms with Gasteiger partial charge in [0.05, 0.1) is 11.4 Å². The van der Waals surface area contributed by atoms with Gasteiger partial charge in [0.25, 0.3) is 11.8 Å². The molecule has 0 aliphatic carbocycles. The maximum absolute atomic E-state index is 12.7. The molecule has 1 aliphatic rings. The number of phenols is 2. The lowest BCUT2D eigenvalue weighted by atomic mass is 10.1. The summed E-state index contributed by atoms with van der Waals surface area (Å²) < 4.78 is 23.1. The van der Waals surface area contributed by atoms with Gasteiger partial charge in [-0.3, -0.25) is 14.5 Å². The van der Waals surface area contributed by atoms with Gasteiger partial charge < -0.3 is 10.2 Å². The molecule has 2 amide bonds. The molecule has 2 N–H and O–H groups in total. The molecule has 0 atom stereocenters. The zero-order chi connectivity index (χ0) is 20.2. The predicted octanol–water partition coefficient (Wildman–Crippen LogP) is 1.24. The SMILES string of the molecule is CS(=O)(=O)c1ccc(CN2C(=O)c3c(c(O)c4nccnc4c3O)C2=O)cc1. The highest BCUT2D eigenvalue weighted by Gasteiger charge is 2.42. The van der Waals surface area contributed by atoms with E-state index in [-0.39, 0.29) is 33.6 Å². The van der Waals surface area contributed by atoms with Crippen LogP contribution in [0.4, 0.5) is 0 Å². The standard InChI is InChI=1S/C18H13N3O6S/c1-28(26,27)10-4-2-9(3-5-10)8-21-17(24)11-12(18(21)25)16(23)14-13(15(11)22)19-6-7-20-14/h2-7,22-23H,8H2,1H3. The van der Waals surface area contributed by atoms with Gasteiger partial charge in [0, 0.05) is 18.6 Å². The summed E-state index contributed by atoms with van der Waals surface area (Å²) >= 11 is 0. The Morgan fingerprint density at radius 2 is 1.36 bits per heavy atom. The Labute approximate surface area is 158 Å². The molecule has 0 saturated heterocycles. The van der Waals surface area contributed by atoms with Crippen molar-refractivity contribution in [1.82, 2.24) is 14.9 Å². The van der Waals surface area contributed by atoms with E-state index in [0.717, 1.165) is 11.2 Å². The fraction of sp³-hybridized carbons (Fsp3) is 0.111. The minimum Gasteiger partial charge on any atom is -0.505 e. The van der Waals surface area contributed by atoms with E-state index in [1.807, 2.05) is 0 Å². The maximum atomic E-state index is 12.7. The highest BCUT2D eigenvalue weighted by molar-refractivity contribution is 7.90. The van der Waals surface area contributed by atoms with Gasteiger partial charge in [-0.25, -0.2) is 18.4 Å². The van der Waals surface area contributed by atoms with Crippen LogP contribution in [0.15, 0.2) is 41.6 Å². The second-order valence-electron chi connectivity index (χ2n) is 6.31. The number of hydrogen-bond donors (Lipinski definition) is 2. The van der Waals surface area contributed by atoms with Crippen LogP contribution in [0.5, 0.6) is 11.5 Å². The molecule has 0 saturated carbocycles. The Morgan fingerprint density at radius 1 is 0.893 bits per heavy atom. The summed E-state index contributed by atoms with van der Waals surface area (Å²) in [7, 11) is -3.37. The van der Waals surface area contributed by atoms with E-state index in [4.69, 9.17) is 0 Å². The van der Waals surface area contributed by atoms with Crippen LogP contribution in [0.1, 0.15) is 26.3 Å². The molecule has 1 aromatic heterocycles. The lowest BCUT2D eigenvalue weighted by Crippen LogP contribution is -2.29. The molecule has 0 spiro atoms. The highest BCUT2D eigenvalue weighted by atomic mass is 32.2. The van der Waals surface area contributed by atoms with Gasteiger partial charge in [-0.05, 0) is 17.7 Å². The molecule has 0 radical (unpaired) electrons. The van der Waals surface area contributed by atoms with Gasteiger partial charge in [-0.1, -0.05) is 12.1 Å². The van der Waals surface area contributed by atoms with Crippen LogP contribution < -0.4 is 0 Å². The number of carbonyl (C=O) groups is 2. The van der Waals surface area contributed by atoms with Crippen molar-refractivity contribution in [1.29, 1.82) is 0 Å². The Bertz CT molecular complexity index is 1210. The molecule has 2 aromatic carbocycles. The van der Waals surface area contributed by atoms with Crippen molar-refractivity contribution in [2.45, 2.75) is 11.4 Å². The van der Waals surface area contributed by atoms with Crippen molar-refractivity contribution >= 4 is 32.7 Å². The first-order valence-electron chi connectivity index (χ1n) is 8.04. The molecule has 10 heteroatoms. The third-order valence-corrected chi connectivity index (χ3v) is 5.61. The second-order valence-corrected chi connectivity index (χ2v) is 8.33. The molecule has 2 heterocycles. The van der Waals surface area contributed by atoms with Crippen molar-refractivity contribution in [3.8, 4) is 11.5 Å². The Balaban J connectivity index is 1.76. The van der Waals surface area contributed by atoms with Crippen LogP contribution in [0.2, 0.25) is 0 Å². The van der Waals surface area contributed by atoms with Crippen molar-refractivity contribution in [2.75, 3.05) is 6.26 Å². The number of hydrogen-bond acceptors (Lipinski definition) is 8. The average molecular weight is 399 g/mol. The molecule has 142 valence electrons. The van der Waals surface area contributed by atoms with Crippen LogP contribution in [0, 0.1) is 0 Å². The first-order chi connectivity index (χ1) is 13.2. The van der Waals surface area contributed by atoms with Gasteiger partial charge in [0.15, 0.2) is 21.3 Å². The Kier molecular flexibility index (Phi) is 3.82. The summed E-state index contributed by atoms with van der Waals surface area (Å²) in [5, 5.41) is 20.8. The largest absolute Gasteiger partial charge is 0.505 e. The predicted molar refractivity (Wildman–Crippen MR) is 96.6 cm³/mol. The molecule has 28 heavy (non-hydrogen) atoms. The van der Waals surface area contributed by atoms with E-state index in [0.29, 0.717) is 5.56 Å². The summed E-state index contributed by atoms with van der Waals surface area (Å²) in [6.45, 7) is -0.160. The van der Waals surface area contributed by atoms with E-state index in [2.05, 4.69) is 9.97 Å². The average Bonchev–Trinajstić information content (AvgIpc) is 2.91. The molecule has 0 fully saturated rings. The minimum absolute atomic E-state index is 0.0840. The summed E-state index contributed by atoms with van der Waals surface area (Å²) in [5.41, 5.74) is -0.327. The Morgan fingerprint density at radius 3 is 1.79 bits per heavy atom. The minimum atomic E-state index is -3.37. The summed E-state index contributed by atoms with van der Waals surface area (Å²) in [5.74, 6) is -2.62.